The first-order valence-corrected chi connectivity index (χ1v) is 7.02. The minimum Gasteiger partial charge on any atom is -0.381 e. The molecule has 1 fully saturated rings. The Morgan fingerprint density at radius 2 is 2.00 bits per heavy atom. The van der Waals surface area contributed by atoms with Crippen LogP contribution in [0.2, 0.25) is 0 Å². The fourth-order valence-electron chi connectivity index (χ4n) is 2.37. The summed E-state index contributed by atoms with van der Waals surface area (Å²) in [5.41, 5.74) is 5.87. The van der Waals surface area contributed by atoms with Gasteiger partial charge in [0.1, 0.15) is 0 Å². The fraction of sp³-hybridized carbons (Fsp3) is 0.929. The summed E-state index contributed by atoms with van der Waals surface area (Å²) in [5, 5.41) is 3.07. The maximum absolute atomic E-state index is 12.1. The van der Waals surface area contributed by atoms with E-state index in [9.17, 15) is 4.79 Å². The van der Waals surface area contributed by atoms with Gasteiger partial charge in [0.25, 0.3) is 0 Å². The third kappa shape index (κ3) is 4.94. The van der Waals surface area contributed by atoms with Gasteiger partial charge in [0.05, 0.1) is 5.92 Å². The quantitative estimate of drug-likeness (QED) is 0.757. The van der Waals surface area contributed by atoms with Crippen LogP contribution in [-0.2, 0) is 9.53 Å². The van der Waals surface area contributed by atoms with E-state index in [1.54, 1.807) is 0 Å². The molecule has 0 bridgehead atoms. The van der Waals surface area contributed by atoms with Crippen LogP contribution < -0.4 is 11.1 Å². The Morgan fingerprint density at radius 3 is 2.50 bits per heavy atom. The van der Waals surface area contributed by atoms with Gasteiger partial charge in [-0.3, -0.25) is 4.79 Å². The molecule has 1 amide bonds. The molecule has 0 saturated carbocycles. The van der Waals surface area contributed by atoms with Gasteiger partial charge in [0.15, 0.2) is 0 Å². The van der Waals surface area contributed by atoms with E-state index in [4.69, 9.17) is 10.5 Å². The molecule has 106 valence electrons. The van der Waals surface area contributed by atoms with Crippen LogP contribution in [0, 0.1) is 17.3 Å². The highest BCUT2D eigenvalue weighted by molar-refractivity contribution is 5.78. The van der Waals surface area contributed by atoms with Crippen LogP contribution in [0.1, 0.15) is 40.0 Å². The first kappa shape index (κ1) is 15.4. The molecule has 1 aliphatic heterocycles. The van der Waals surface area contributed by atoms with Crippen molar-refractivity contribution in [3.63, 3.8) is 0 Å². The zero-order chi connectivity index (χ0) is 13.6. The van der Waals surface area contributed by atoms with Crippen LogP contribution in [0.25, 0.3) is 0 Å². The molecule has 1 rings (SSSR count). The molecule has 1 unspecified atom stereocenters. The lowest BCUT2D eigenvalue weighted by molar-refractivity contribution is -0.126. The highest BCUT2D eigenvalue weighted by Crippen LogP contribution is 2.28. The first-order valence-electron chi connectivity index (χ1n) is 7.02. The van der Waals surface area contributed by atoms with E-state index < -0.39 is 0 Å². The van der Waals surface area contributed by atoms with Crippen molar-refractivity contribution >= 4 is 5.91 Å². The monoisotopic (exact) mass is 256 g/mol. The van der Waals surface area contributed by atoms with Crippen LogP contribution in [0.4, 0.5) is 0 Å². The van der Waals surface area contributed by atoms with Crippen molar-refractivity contribution in [1.29, 1.82) is 0 Å². The SMILES string of the molecule is CC(C)CC(CN)C(=O)NCC1(C)CCOCC1. The number of hydrogen-bond donors (Lipinski definition) is 2. The average Bonchev–Trinajstić information content (AvgIpc) is 2.34. The average molecular weight is 256 g/mol. The molecular weight excluding hydrogens is 228 g/mol. The molecule has 0 aromatic rings. The smallest absolute Gasteiger partial charge is 0.224 e. The maximum Gasteiger partial charge on any atom is 0.224 e. The van der Waals surface area contributed by atoms with Crippen molar-refractivity contribution in [2.75, 3.05) is 26.3 Å². The van der Waals surface area contributed by atoms with E-state index in [1.165, 1.54) is 0 Å². The molecule has 1 heterocycles. The molecule has 0 spiro atoms. The molecule has 4 nitrogen and oxygen atoms in total. The van der Waals surface area contributed by atoms with Crippen molar-refractivity contribution in [1.82, 2.24) is 5.32 Å². The lowest BCUT2D eigenvalue weighted by Crippen LogP contribution is -2.43. The highest BCUT2D eigenvalue weighted by Gasteiger charge is 2.28. The number of carbonyl (C=O) groups is 1. The van der Waals surface area contributed by atoms with Gasteiger partial charge in [0, 0.05) is 26.3 Å². The maximum atomic E-state index is 12.1. The molecule has 1 atom stereocenters. The number of ether oxygens (including phenoxy) is 1. The predicted octanol–water partition coefficient (Wildman–Crippen LogP) is 1.54. The summed E-state index contributed by atoms with van der Waals surface area (Å²) in [5.74, 6) is 0.565. The molecule has 0 aromatic carbocycles. The van der Waals surface area contributed by atoms with Crippen molar-refractivity contribution in [2.24, 2.45) is 23.0 Å². The van der Waals surface area contributed by atoms with Gasteiger partial charge in [-0.1, -0.05) is 20.8 Å². The second-order valence-electron chi connectivity index (χ2n) is 6.20. The second kappa shape index (κ2) is 7.10. The topological polar surface area (TPSA) is 64.4 Å². The third-order valence-corrected chi connectivity index (χ3v) is 3.80. The molecule has 0 aromatic heterocycles. The number of hydrogen-bond acceptors (Lipinski definition) is 3. The van der Waals surface area contributed by atoms with E-state index in [0.717, 1.165) is 39.0 Å². The van der Waals surface area contributed by atoms with Crippen molar-refractivity contribution in [2.45, 2.75) is 40.0 Å². The number of carbonyl (C=O) groups excluding carboxylic acids is 1. The summed E-state index contributed by atoms with van der Waals surface area (Å²) in [6.07, 6.45) is 2.90. The summed E-state index contributed by atoms with van der Waals surface area (Å²) in [6.45, 7) is 9.24. The molecule has 1 aliphatic rings. The summed E-state index contributed by atoms with van der Waals surface area (Å²) in [4.78, 5) is 12.1. The fourth-order valence-corrected chi connectivity index (χ4v) is 2.37. The van der Waals surface area contributed by atoms with Crippen LogP contribution in [-0.4, -0.2) is 32.2 Å². The Hall–Kier alpha value is -0.610. The van der Waals surface area contributed by atoms with Crippen LogP contribution >= 0.6 is 0 Å². The van der Waals surface area contributed by atoms with Crippen LogP contribution in [0.5, 0.6) is 0 Å². The van der Waals surface area contributed by atoms with Crippen molar-refractivity contribution in [3.8, 4) is 0 Å². The van der Waals surface area contributed by atoms with E-state index in [2.05, 4.69) is 26.1 Å². The van der Waals surface area contributed by atoms with E-state index >= 15 is 0 Å². The van der Waals surface area contributed by atoms with Crippen LogP contribution in [0.3, 0.4) is 0 Å². The van der Waals surface area contributed by atoms with E-state index in [-0.39, 0.29) is 17.2 Å². The molecular formula is C14H28N2O2. The summed E-state index contributed by atoms with van der Waals surface area (Å²) >= 11 is 0. The highest BCUT2D eigenvalue weighted by atomic mass is 16.5. The Morgan fingerprint density at radius 1 is 1.39 bits per heavy atom. The van der Waals surface area contributed by atoms with Crippen molar-refractivity contribution in [3.05, 3.63) is 0 Å². The summed E-state index contributed by atoms with van der Waals surface area (Å²) < 4.78 is 5.36. The van der Waals surface area contributed by atoms with Crippen molar-refractivity contribution < 1.29 is 9.53 Å². The minimum atomic E-state index is -0.0477. The normalized spacial score (nSPS) is 20.7. The third-order valence-electron chi connectivity index (χ3n) is 3.80. The molecule has 3 N–H and O–H groups in total. The zero-order valence-electron chi connectivity index (χ0n) is 12.0. The Balaban J connectivity index is 2.38. The Labute approximate surface area is 111 Å². The Bertz CT molecular complexity index is 261. The molecule has 0 radical (unpaired) electrons. The number of rotatable bonds is 6. The lowest BCUT2D eigenvalue weighted by Gasteiger charge is -2.34. The number of nitrogens with one attached hydrogen (secondary N) is 1. The van der Waals surface area contributed by atoms with Crippen LogP contribution in [0.15, 0.2) is 0 Å². The summed E-state index contributed by atoms with van der Waals surface area (Å²) in [7, 11) is 0. The van der Waals surface area contributed by atoms with E-state index in [1.807, 2.05) is 0 Å². The molecule has 18 heavy (non-hydrogen) atoms. The molecule has 0 aliphatic carbocycles. The number of amides is 1. The Kier molecular flexibility index (Phi) is 6.09. The molecule has 1 saturated heterocycles. The van der Waals surface area contributed by atoms with Gasteiger partial charge in [0.2, 0.25) is 5.91 Å². The van der Waals surface area contributed by atoms with Gasteiger partial charge in [-0.05, 0) is 30.6 Å². The lowest BCUT2D eigenvalue weighted by atomic mass is 9.82. The zero-order valence-corrected chi connectivity index (χ0v) is 12.0. The number of nitrogens with two attached hydrogens (primary N) is 1. The van der Waals surface area contributed by atoms with Gasteiger partial charge in [-0.25, -0.2) is 0 Å². The summed E-state index contributed by atoms with van der Waals surface area (Å²) in [6, 6.07) is 0. The minimum absolute atomic E-state index is 0.0477. The van der Waals surface area contributed by atoms with Gasteiger partial charge in [-0.2, -0.15) is 0 Å². The predicted molar refractivity (Wildman–Crippen MR) is 73.2 cm³/mol. The largest absolute Gasteiger partial charge is 0.381 e. The van der Waals surface area contributed by atoms with Gasteiger partial charge >= 0.3 is 0 Å². The van der Waals surface area contributed by atoms with Gasteiger partial charge in [-0.15, -0.1) is 0 Å². The van der Waals surface area contributed by atoms with E-state index in [0.29, 0.717) is 12.5 Å². The molecule has 4 heteroatoms. The second-order valence-corrected chi connectivity index (χ2v) is 6.20. The standard InChI is InChI=1S/C14H28N2O2/c1-11(2)8-12(9-15)13(17)16-10-14(3)4-6-18-7-5-14/h11-12H,4-10,15H2,1-3H3,(H,16,17). The van der Waals surface area contributed by atoms with Gasteiger partial charge < -0.3 is 15.8 Å². The first-order chi connectivity index (χ1) is 8.47.